The molecule has 0 saturated heterocycles. The van der Waals surface area contributed by atoms with Gasteiger partial charge in [-0.1, -0.05) is 30.3 Å². The normalized spacial score (nSPS) is 10.8. The van der Waals surface area contributed by atoms with Crippen LogP contribution in [0.25, 0.3) is 16.8 Å². The highest BCUT2D eigenvalue weighted by molar-refractivity contribution is 7.15. The van der Waals surface area contributed by atoms with Crippen molar-refractivity contribution in [2.75, 3.05) is 11.9 Å². The SMILES string of the molecule is CCOC(=O)c1c(-c2ccccc2)csc1NC(=O)c1ccn2cc(C)nc2c1. The number of benzene rings is 1. The van der Waals surface area contributed by atoms with Crippen LogP contribution in [0.15, 0.2) is 60.2 Å². The molecule has 0 spiro atoms. The zero-order valence-electron chi connectivity index (χ0n) is 16.0. The zero-order chi connectivity index (χ0) is 20.4. The van der Waals surface area contributed by atoms with Gasteiger partial charge >= 0.3 is 5.97 Å². The Morgan fingerprint density at radius 1 is 1.21 bits per heavy atom. The van der Waals surface area contributed by atoms with E-state index in [9.17, 15) is 9.59 Å². The lowest BCUT2D eigenvalue weighted by Crippen LogP contribution is -2.15. The Bertz CT molecular complexity index is 1190. The number of aryl methyl sites for hydroxylation is 1. The van der Waals surface area contributed by atoms with Gasteiger partial charge in [-0.15, -0.1) is 11.3 Å². The average Bonchev–Trinajstić information content (AvgIpc) is 3.30. The Labute approximate surface area is 171 Å². The largest absolute Gasteiger partial charge is 0.462 e. The number of pyridine rings is 1. The highest BCUT2D eigenvalue weighted by Crippen LogP contribution is 2.36. The molecule has 0 saturated carbocycles. The predicted molar refractivity (Wildman–Crippen MR) is 114 cm³/mol. The molecule has 6 nitrogen and oxygen atoms in total. The van der Waals surface area contributed by atoms with E-state index >= 15 is 0 Å². The van der Waals surface area contributed by atoms with Gasteiger partial charge in [0.1, 0.15) is 16.2 Å². The second kappa shape index (κ2) is 7.89. The van der Waals surface area contributed by atoms with Crippen molar-refractivity contribution in [3.05, 3.63) is 77.1 Å². The fourth-order valence-corrected chi connectivity index (χ4v) is 4.06. The number of hydrogen-bond acceptors (Lipinski definition) is 5. The fourth-order valence-electron chi connectivity index (χ4n) is 3.11. The van der Waals surface area contributed by atoms with Crippen molar-refractivity contribution in [2.45, 2.75) is 13.8 Å². The lowest BCUT2D eigenvalue weighted by Gasteiger charge is -2.09. The highest BCUT2D eigenvalue weighted by atomic mass is 32.1. The molecular weight excluding hydrogens is 386 g/mol. The van der Waals surface area contributed by atoms with Gasteiger partial charge in [0.2, 0.25) is 0 Å². The van der Waals surface area contributed by atoms with E-state index in [4.69, 9.17) is 4.74 Å². The summed E-state index contributed by atoms with van der Waals surface area (Å²) in [6.07, 6.45) is 3.68. The number of anilines is 1. The summed E-state index contributed by atoms with van der Waals surface area (Å²) in [7, 11) is 0. The van der Waals surface area contributed by atoms with Gasteiger partial charge < -0.3 is 14.5 Å². The molecule has 0 aliphatic heterocycles. The summed E-state index contributed by atoms with van der Waals surface area (Å²) >= 11 is 1.30. The van der Waals surface area contributed by atoms with E-state index in [0.717, 1.165) is 16.8 Å². The molecule has 1 aromatic carbocycles. The summed E-state index contributed by atoms with van der Waals surface area (Å²) in [5.74, 6) is -0.762. The van der Waals surface area contributed by atoms with Gasteiger partial charge in [-0.2, -0.15) is 0 Å². The molecule has 0 fully saturated rings. The van der Waals surface area contributed by atoms with Crippen molar-refractivity contribution >= 4 is 33.9 Å². The maximum absolute atomic E-state index is 12.8. The number of thiophene rings is 1. The number of amides is 1. The summed E-state index contributed by atoms with van der Waals surface area (Å²) in [6, 6.07) is 13.0. The Morgan fingerprint density at radius 2 is 2.00 bits per heavy atom. The minimum atomic E-state index is -0.456. The van der Waals surface area contributed by atoms with Crippen LogP contribution in [0.1, 0.15) is 33.3 Å². The van der Waals surface area contributed by atoms with Crippen molar-refractivity contribution in [2.24, 2.45) is 0 Å². The van der Waals surface area contributed by atoms with Crippen LogP contribution in [0, 0.1) is 6.92 Å². The third kappa shape index (κ3) is 3.77. The molecule has 29 heavy (non-hydrogen) atoms. The number of imidazole rings is 1. The fraction of sp³-hybridized carbons (Fsp3) is 0.136. The van der Waals surface area contributed by atoms with Crippen LogP contribution in [0.3, 0.4) is 0 Å². The van der Waals surface area contributed by atoms with E-state index < -0.39 is 5.97 Å². The van der Waals surface area contributed by atoms with Crippen LogP contribution < -0.4 is 5.32 Å². The molecule has 3 aromatic heterocycles. The second-order valence-corrected chi connectivity index (χ2v) is 7.34. The molecule has 0 aliphatic rings. The molecule has 1 N–H and O–H groups in total. The number of nitrogens with one attached hydrogen (secondary N) is 1. The molecule has 4 rings (SSSR count). The summed E-state index contributed by atoms with van der Waals surface area (Å²) in [5.41, 5.74) is 4.03. The number of aromatic nitrogens is 2. The van der Waals surface area contributed by atoms with Gasteiger partial charge in [0.15, 0.2) is 0 Å². The lowest BCUT2D eigenvalue weighted by atomic mass is 10.0. The minimum absolute atomic E-state index is 0.256. The molecule has 0 aliphatic carbocycles. The third-order valence-electron chi connectivity index (χ3n) is 4.43. The van der Waals surface area contributed by atoms with Crippen LogP contribution in [0.2, 0.25) is 0 Å². The van der Waals surface area contributed by atoms with Crippen molar-refractivity contribution in [1.82, 2.24) is 9.38 Å². The number of nitrogens with zero attached hydrogens (tertiary/aromatic N) is 2. The first-order chi connectivity index (χ1) is 14.1. The first-order valence-corrected chi connectivity index (χ1v) is 10.1. The second-order valence-electron chi connectivity index (χ2n) is 6.46. The van der Waals surface area contributed by atoms with Gasteiger partial charge in [0.05, 0.1) is 12.3 Å². The number of esters is 1. The zero-order valence-corrected chi connectivity index (χ0v) is 16.8. The maximum Gasteiger partial charge on any atom is 0.341 e. The van der Waals surface area contributed by atoms with Crippen molar-refractivity contribution in [3.63, 3.8) is 0 Å². The molecule has 146 valence electrons. The first kappa shape index (κ1) is 18.9. The van der Waals surface area contributed by atoms with Gasteiger partial charge in [-0.05, 0) is 31.5 Å². The molecule has 1 amide bonds. The van der Waals surface area contributed by atoms with E-state index in [0.29, 0.717) is 21.8 Å². The number of rotatable bonds is 5. The summed E-state index contributed by atoms with van der Waals surface area (Å²) < 4.78 is 7.10. The van der Waals surface area contributed by atoms with Crippen LogP contribution >= 0.6 is 11.3 Å². The topological polar surface area (TPSA) is 72.7 Å². The number of fused-ring (bicyclic) bond motifs is 1. The lowest BCUT2D eigenvalue weighted by molar-refractivity contribution is 0.0529. The van der Waals surface area contributed by atoms with E-state index in [-0.39, 0.29) is 12.5 Å². The molecule has 0 atom stereocenters. The van der Waals surface area contributed by atoms with E-state index in [1.54, 1.807) is 25.3 Å². The molecule has 3 heterocycles. The summed E-state index contributed by atoms with van der Waals surface area (Å²) in [6.45, 7) is 3.91. The monoisotopic (exact) mass is 405 g/mol. The number of carbonyl (C=O) groups excluding carboxylic acids is 2. The van der Waals surface area contributed by atoms with Crippen molar-refractivity contribution < 1.29 is 14.3 Å². The standard InChI is InChI=1S/C22H19N3O3S/c1-3-28-22(27)19-17(15-7-5-4-6-8-15)13-29-21(19)24-20(26)16-9-10-25-12-14(2)23-18(25)11-16/h4-13H,3H2,1-2H3,(H,24,26). The molecule has 0 unspecified atom stereocenters. The Morgan fingerprint density at radius 3 is 2.76 bits per heavy atom. The Balaban J connectivity index is 1.69. The number of hydrogen-bond donors (Lipinski definition) is 1. The van der Waals surface area contributed by atoms with E-state index in [2.05, 4.69) is 10.3 Å². The van der Waals surface area contributed by atoms with Crippen molar-refractivity contribution in [3.8, 4) is 11.1 Å². The van der Waals surface area contributed by atoms with Crippen LogP contribution in [0.4, 0.5) is 5.00 Å². The van der Waals surface area contributed by atoms with Gasteiger partial charge in [-0.25, -0.2) is 9.78 Å². The molecule has 7 heteroatoms. The van der Waals surface area contributed by atoms with E-state index in [1.165, 1.54) is 11.3 Å². The summed E-state index contributed by atoms with van der Waals surface area (Å²) in [4.78, 5) is 29.9. The summed E-state index contributed by atoms with van der Waals surface area (Å²) in [5, 5.41) is 5.19. The number of carbonyl (C=O) groups is 2. The Hall–Kier alpha value is -3.45. The average molecular weight is 405 g/mol. The quantitative estimate of drug-likeness (QED) is 0.484. The number of ether oxygens (including phenoxy) is 1. The molecule has 0 bridgehead atoms. The molecule has 0 radical (unpaired) electrons. The van der Waals surface area contributed by atoms with Crippen molar-refractivity contribution in [1.29, 1.82) is 0 Å². The van der Waals surface area contributed by atoms with E-state index in [1.807, 2.05) is 53.2 Å². The van der Waals surface area contributed by atoms with Gasteiger partial charge in [-0.3, -0.25) is 4.79 Å². The predicted octanol–water partition coefficient (Wildman–Crippen LogP) is 4.80. The van der Waals surface area contributed by atoms with Crippen LogP contribution in [-0.4, -0.2) is 27.9 Å². The maximum atomic E-state index is 12.8. The van der Waals surface area contributed by atoms with Gasteiger partial charge in [0, 0.05) is 28.9 Å². The minimum Gasteiger partial charge on any atom is -0.462 e. The molecular formula is C22H19N3O3S. The van der Waals surface area contributed by atoms with Crippen LogP contribution in [0.5, 0.6) is 0 Å². The first-order valence-electron chi connectivity index (χ1n) is 9.17. The van der Waals surface area contributed by atoms with Crippen LogP contribution in [-0.2, 0) is 4.74 Å². The Kier molecular flexibility index (Phi) is 5.14. The highest BCUT2D eigenvalue weighted by Gasteiger charge is 2.23. The smallest absolute Gasteiger partial charge is 0.341 e. The van der Waals surface area contributed by atoms with Gasteiger partial charge in [0.25, 0.3) is 5.91 Å². The molecule has 4 aromatic rings. The third-order valence-corrected chi connectivity index (χ3v) is 5.32.